The standard InChI is InChI=1S/C14H25N3O2S/c1-5-9-16-13-8-10-15-11-14(13)20(18,19)17(4)12(6-2)7-3/h8,10-12H,5-7,9H2,1-4H3,(H,15,16). The van der Waals surface area contributed by atoms with E-state index in [1.807, 2.05) is 20.8 Å². The van der Waals surface area contributed by atoms with Crippen molar-refractivity contribution in [2.45, 2.75) is 51.0 Å². The van der Waals surface area contributed by atoms with Crippen LogP contribution >= 0.6 is 0 Å². The van der Waals surface area contributed by atoms with Crippen LogP contribution in [0.15, 0.2) is 23.4 Å². The predicted molar refractivity (Wildman–Crippen MR) is 82.3 cm³/mol. The lowest BCUT2D eigenvalue weighted by Crippen LogP contribution is -2.36. The van der Waals surface area contributed by atoms with Gasteiger partial charge in [0.25, 0.3) is 0 Å². The fraction of sp³-hybridized carbons (Fsp3) is 0.643. The van der Waals surface area contributed by atoms with Crippen molar-refractivity contribution in [3.63, 3.8) is 0 Å². The van der Waals surface area contributed by atoms with E-state index in [1.165, 1.54) is 10.5 Å². The van der Waals surface area contributed by atoms with E-state index >= 15 is 0 Å². The molecule has 0 saturated heterocycles. The van der Waals surface area contributed by atoms with Crippen molar-refractivity contribution in [2.24, 2.45) is 0 Å². The molecule has 0 radical (unpaired) electrons. The number of nitrogens with one attached hydrogen (secondary N) is 1. The van der Waals surface area contributed by atoms with Gasteiger partial charge in [-0.25, -0.2) is 8.42 Å². The third-order valence-corrected chi connectivity index (χ3v) is 5.40. The van der Waals surface area contributed by atoms with E-state index in [9.17, 15) is 8.42 Å². The zero-order valence-corrected chi connectivity index (χ0v) is 13.6. The number of aromatic nitrogens is 1. The van der Waals surface area contributed by atoms with Gasteiger partial charge in [-0.1, -0.05) is 20.8 Å². The number of pyridine rings is 1. The highest BCUT2D eigenvalue weighted by atomic mass is 32.2. The van der Waals surface area contributed by atoms with Crippen molar-refractivity contribution >= 4 is 15.7 Å². The van der Waals surface area contributed by atoms with Gasteiger partial charge in [0, 0.05) is 32.0 Å². The Morgan fingerprint density at radius 1 is 1.30 bits per heavy atom. The average Bonchev–Trinajstić information content (AvgIpc) is 2.46. The van der Waals surface area contributed by atoms with E-state index in [0.29, 0.717) is 5.69 Å². The highest BCUT2D eigenvalue weighted by molar-refractivity contribution is 7.89. The molecule has 0 bridgehead atoms. The molecule has 6 heteroatoms. The summed E-state index contributed by atoms with van der Waals surface area (Å²) in [5.41, 5.74) is 0.625. The van der Waals surface area contributed by atoms with Gasteiger partial charge in [-0.3, -0.25) is 4.98 Å². The second kappa shape index (κ2) is 7.59. The normalized spacial score (nSPS) is 12.1. The Kier molecular flexibility index (Phi) is 6.42. The molecular formula is C14H25N3O2S. The monoisotopic (exact) mass is 299 g/mol. The zero-order chi connectivity index (χ0) is 15.2. The van der Waals surface area contributed by atoms with E-state index < -0.39 is 10.0 Å². The molecule has 0 fully saturated rings. The van der Waals surface area contributed by atoms with Crippen LogP contribution < -0.4 is 5.32 Å². The number of rotatable bonds is 8. The third kappa shape index (κ3) is 3.70. The van der Waals surface area contributed by atoms with Gasteiger partial charge in [-0.05, 0) is 25.3 Å². The largest absolute Gasteiger partial charge is 0.384 e. The molecule has 0 aliphatic heterocycles. The zero-order valence-electron chi connectivity index (χ0n) is 12.8. The Balaban J connectivity index is 3.14. The molecule has 0 spiro atoms. The molecule has 0 unspecified atom stereocenters. The minimum atomic E-state index is -3.52. The topological polar surface area (TPSA) is 62.3 Å². The molecule has 114 valence electrons. The molecule has 1 heterocycles. The van der Waals surface area contributed by atoms with Gasteiger partial charge in [0.05, 0.1) is 5.69 Å². The van der Waals surface area contributed by atoms with Crippen molar-refractivity contribution in [1.29, 1.82) is 0 Å². The minimum Gasteiger partial charge on any atom is -0.384 e. The molecule has 0 aliphatic rings. The van der Waals surface area contributed by atoms with Gasteiger partial charge in [-0.15, -0.1) is 0 Å². The summed E-state index contributed by atoms with van der Waals surface area (Å²) in [5, 5.41) is 3.15. The molecule has 0 aliphatic carbocycles. The molecule has 1 aromatic heterocycles. The molecule has 20 heavy (non-hydrogen) atoms. The van der Waals surface area contributed by atoms with E-state index in [4.69, 9.17) is 0 Å². The van der Waals surface area contributed by atoms with Crippen molar-refractivity contribution < 1.29 is 8.42 Å². The van der Waals surface area contributed by atoms with Crippen LogP contribution in [0.2, 0.25) is 0 Å². The molecule has 0 amide bonds. The summed E-state index contributed by atoms with van der Waals surface area (Å²) in [6.45, 7) is 6.78. The first-order valence-electron chi connectivity index (χ1n) is 7.14. The van der Waals surface area contributed by atoms with Crippen LogP contribution in [0.4, 0.5) is 5.69 Å². The van der Waals surface area contributed by atoms with E-state index in [0.717, 1.165) is 25.8 Å². The highest BCUT2D eigenvalue weighted by Gasteiger charge is 2.28. The Morgan fingerprint density at radius 3 is 2.50 bits per heavy atom. The lowest BCUT2D eigenvalue weighted by Gasteiger charge is -2.26. The SMILES string of the molecule is CCCNc1ccncc1S(=O)(=O)N(C)C(CC)CC. The molecular weight excluding hydrogens is 274 g/mol. The maximum atomic E-state index is 12.7. The number of hydrogen-bond donors (Lipinski definition) is 1. The van der Waals surface area contributed by atoms with E-state index in [2.05, 4.69) is 10.3 Å². The summed E-state index contributed by atoms with van der Waals surface area (Å²) < 4.78 is 26.9. The van der Waals surface area contributed by atoms with Crippen molar-refractivity contribution in [1.82, 2.24) is 9.29 Å². The van der Waals surface area contributed by atoms with Crippen LogP contribution in [0.1, 0.15) is 40.0 Å². The van der Waals surface area contributed by atoms with Gasteiger partial charge in [-0.2, -0.15) is 4.31 Å². The third-order valence-electron chi connectivity index (χ3n) is 3.46. The van der Waals surface area contributed by atoms with Crippen LogP contribution in [0.5, 0.6) is 0 Å². The first-order valence-corrected chi connectivity index (χ1v) is 8.58. The Morgan fingerprint density at radius 2 is 1.95 bits per heavy atom. The molecule has 0 atom stereocenters. The second-order valence-corrected chi connectivity index (χ2v) is 6.76. The fourth-order valence-electron chi connectivity index (χ4n) is 2.15. The predicted octanol–water partition coefficient (Wildman–Crippen LogP) is 2.71. The first kappa shape index (κ1) is 16.9. The average molecular weight is 299 g/mol. The summed E-state index contributed by atoms with van der Waals surface area (Å²) in [6, 6.07) is 1.72. The summed E-state index contributed by atoms with van der Waals surface area (Å²) in [5.74, 6) is 0. The van der Waals surface area contributed by atoms with Gasteiger partial charge in [0.15, 0.2) is 0 Å². The highest BCUT2D eigenvalue weighted by Crippen LogP contribution is 2.25. The van der Waals surface area contributed by atoms with Gasteiger partial charge >= 0.3 is 0 Å². The van der Waals surface area contributed by atoms with Gasteiger partial charge < -0.3 is 5.32 Å². The maximum Gasteiger partial charge on any atom is 0.246 e. The molecule has 5 nitrogen and oxygen atoms in total. The van der Waals surface area contributed by atoms with E-state index in [-0.39, 0.29) is 10.9 Å². The summed E-state index contributed by atoms with van der Waals surface area (Å²) in [4.78, 5) is 4.22. The van der Waals surface area contributed by atoms with Crippen molar-refractivity contribution in [3.05, 3.63) is 18.5 Å². The fourth-order valence-corrected chi connectivity index (χ4v) is 3.76. The quantitative estimate of drug-likeness (QED) is 0.801. The summed E-state index contributed by atoms with van der Waals surface area (Å²) in [7, 11) is -1.87. The lowest BCUT2D eigenvalue weighted by atomic mass is 10.2. The van der Waals surface area contributed by atoms with Crippen molar-refractivity contribution in [3.8, 4) is 0 Å². The van der Waals surface area contributed by atoms with Crippen LogP contribution in [-0.2, 0) is 10.0 Å². The molecule has 1 N–H and O–H groups in total. The summed E-state index contributed by atoms with van der Waals surface area (Å²) >= 11 is 0. The van der Waals surface area contributed by atoms with E-state index in [1.54, 1.807) is 19.3 Å². The Labute approximate surface area is 122 Å². The van der Waals surface area contributed by atoms with Gasteiger partial charge in [0.1, 0.15) is 4.90 Å². The van der Waals surface area contributed by atoms with Crippen LogP contribution in [0, 0.1) is 0 Å². The second-order valence-electron chi connectivity index (χ2n) is 4.79. The van der Waals surface area contributed by atoms with Crippen molar-refractivity contribution in [2.75, 3.05) is 18.9 Å². The van der Waals surface area contributed by atoms with Crippen LogP contribution in [0.25, 0.3) is 0 Å². The molecule has 1 rings (SSSR count). The molecule has 0 saturated carbocycles. The number of nitrogens with zero attached hydrogens (tertiary/aromatic N) is 2. The Bertz CT molecular complexity index is 513. The van der Waals surface area contributed by atoms with Crippen LogP contribution in [0.3, 0.4) is 0 Å². The molecule has 0 aromatic carbocycles. The number of hydrogen-bond acceptors (Lipinski definition) is 4. The first-order chi connectivity index (χ1) is 9.48. The summed E-state index contributed by atoms with van der Waals surface area (Å²) in [6.07, 6.45) is 5.55. The maximum absolute atomic E-state index is 12.7. The van der Waals surface area contributed by atoms with Gasteiger partial charge in [0.2, 0.25) is 10.0 Å². The number of anilines is 1. The number of sulfonamides is 1. The molecule has 1 aromatic rings. The lowest BCUT2D eigenvalue weighted by molar-refractivity contribution is 0.350. The minimum absolute atomic E-state index is 0.0132. The smallest absolute Gasteiger partial charge is 0.246 e. The van der Waals surface area contributed by atoms with Crippen LogP contribution in [-0.4, -0.2) is 37.3 Å². The Hall–Kier alpha value is -1.14.